The molecule has 0 aromatic heterocycles. The van der Waals surface area contributed by atoms with Gasteiger partial charge in [-0.3, -0.25) is 4.79 Å². The Hall–Kier alpha value is -2.00. The monoisotopic (exact) mass is 314 g/mol. The zero-order valence-electron chi connectivity index (χ0n) is 13.2. The summed E-state index contributed by atoms with van der Waals surface area (Å²) in [5, 5.41) is 8.82. The number of ketones is 1. The number of carbonyl (C=O) groups is 1. The molecule has 1 aliphatic rings. The van der Waals surface area contributed by atoms with Gasteiger partial charge in [0.25, 0.3) is 0 Å². The van der Waals surface area contributed by atoms with Crippen LogP contribution in [-0.2, 0) is 4.79 Å². The Labute approximate surface area is 136 Å². The Morgan fingerprint density at radius 3 is 2.55 bits per heavy atom. The summed E-state index contributed by atoms with van der Waals surface area (Å²) >= 11 is 5.90. The van der Waals surface area contributed by atoms with Gasteiger partial charge >= 0.3 is 0 Å². The highest BCUT2D eigenvalue weighted by molar-refractivity contribution is 6.30. The SMILES string of the molecule is CC1=C/C(=C/N=Nc2cccc(Cl)c2)C=C(C(C)(C)C)C1=O. The van der Waals surface area contributed by atoms with E-state index in [2.05, 4.69) is 10.2 Å². The van der Waals surface area contributed by atoms with Gasteiger partial charge in [0.1, 0.15) is 0 Å². The van der Waals surface area contributed by atoms with Crippen LogP contribution in [0.1, 0.15) is 27.7 Å². The van der Waals surface area contributed by atoms with Gasteiger partial charge in [0.2, 0.25) is 0 Å². The van der Waals surface area contributed by atoms with Crippen LogP contribution in [-0.4, -0.2) is 5.78 Å². The predicted molar refractivity (Wildman–Crippen MR) is 90.4 cm³/mol. The second kappa shape index (κ2) is 6.41. The summed E-state index contributed by atoms with van der Waals surface area (Å²) in [4.78, 5) is 12.2. The number of azo groups is 1. The molecule has 1 aromatic rings. The minimum atomic E-state index is -0.199. The van der Waals surface area contributed by atoms with Crippen molar-refractivity contribution in [1.82, 2.24) is 0 Å². The number of nitrogens with zero attached hydrogens (tertiary/aromatic N) is 2. The van der Waals surface area contributed by atoms with Gasteiger partial charge < -0.3 is 0 Å². The fraction of sp³-hybridized carbons (Fsp3) is 0.278. The molecule has 0 N–H and O–H groups in total. The summed E-state index contributed by atoms with van der Waals surface area (Å²) in [5.74, 6) is 0.0939. The quantitative estimate of drug-likeness (QED) is 0.635. The van der Waals surface area contributed by atoms with Gasteiger partial charge in [0, 0.05) is 10.6 Å². The summed E-state index contributed by atoms with van der Waals surface area (Å²) < 4.78 is 0. The Morgan fingerprint density at radius 2 is 1.91 bits per heavy atom. The molecule has 114 valence electrons. The second-order valence-electron chi connectivity index (χ2n) is 6.29. The van der Waals surface area contributed by atoms with Gasteiger partial charge in [-0.1, -0.05) is 38.4 Å². The summed E-state index contributed by atoms with van der Waals surface area (Å²) in [6.45, 7) is 7.91. The van der Waals surface area contributed by atoms with Gasteiger partial charge in [0.15, 0.2) is 5.78 Å². The van der Waals surface area contributed by atoms with Crippen molar-refractivity contribution in [2.45, 2.75) is 27.7 Å². The topological polar surface area (TPSA) is 41.8 Å². The first-order chi connectivity index (χ1) is 10.3. The first kappa shape index (κ1) is 16.4. The summed E-state index contributed by atoms with van der Waals surface area (Å²) in [5.41, 5.74) is 2.87. The zero-order chi connectivity index (χ0) is 16.3. The third-order valence-corrected chi connectivity index (χ3v) is 3.53. The average Bonchev–Trinajstić information content (AvgIpc) is 2.41. The normalized spacial score (nSPS) is 17.9. The maximum absolute atomic E-state index is 12.2. The van der Waals surface area contributed by atoms with Crippen LogP contribution in [0.15, 0.2) is 69.6 Å². The zero-order valence-corrected chi connectivity index (χ0v) is 14.0. The number of hydrogen-bond donors (Lipinski definition) is 0. The fourth-order valence-electron chi connectivity index (χ4n) is 2.13. The van der Waals surface area contributed by atoms with E-state index in [1.54, 1.807) is 18.3 Å². The molecule has 0 unspecified atom stereocenters. The van der Waals surface area contributed by atoms with Gasteiger partial charge in [-0.15, -0.1) is 0 Å². The van der Waals surface area contributed by atoms with Gasteiger partial charge in [-0.05, 0) is 53.8 Å². The molecule has 0 heterocycles. The maximum atomic E-state index is 12.2. The number of benzene rings is 1. The van der Waals surface area contributed by atoms with E-state index in [1.807, 2.05) is 52.0 Å². The molecule has 1 aliphatic carbocycles. The molecule has 2 rings (SSSR count). The molecular weight excluding hydrogens is 296 g/mol. The van der Waals surface area contributed by atoms with Gasteiger partial charge in [0.05, 0.1) is 11.9 Å². The van der Waals surface area contributed by atoms with Crippen molar-refractivity contribution in [3.05, 3.63) is 64.4 Å². The van der Waals surface area contributed by atoms with Crippen LogP contribution < -0.4 is 0 Å². The molecular formula is C18H19ClN2O. The lowest BCUT2D eigenvalue weighted by Gasteiger charge is -2.24. The largest absolute Gasteiger partial charge is 0.289 e. The second-order valence-corrected chi connectivity index (χ2v) is 6.73. The molecule has 0 bridgehead atoms. The summed E-state index contributed by atoms with van der Waals surface area (Å²) in [6, 6.07) is 7.18. The Bertz CT molecular complexity index is 719. The van der Waals surface area contributed by atoms with Crippen LogP contribution in [0, 0.1) is 5.41 Å². The van der Waals surface area contributed by atoms with E-state index < -0.39 is 0 Å². The van der Waals surface area contributed by atoms with Crippen molar-refractivity contribution in [1.29, 1.82) is 0 Å². The van der Waals surface area contributed by atoms with E-state index in [4.69, 9.17) is 11.6 Å². The van der Waals surface area contributed by atoms with E-state index in [9.17, 15) is 4.79 Å². The highest BCUT2D eigenvalue weighted by Gasteiger charge is 2.27. The van der Waals surface area contributed by atoms with Crippen molar-refractivity contribution < 1.29 is 4.79 Å². The number of rotatable bonds is 2. The fourth-order valence-corrected chi connectivity index (χ4v) is 2.32. The highest BCUT2D eigenvalue weighted by atomic mass is 35.5. The number of carbonyl (C=O) groups excluding carboxylic acids is 1. The molecule has 0 saturated heterocycles. The number of Topliss-reactive ketones (excluding diaryl/α,β-unsaturated/α-hetero) is 1. The summed E-state index contributed by atoms with van der Waals surface area (Å²) in [7, 11) is 0. The standard InChI is InChI=1S/C18H19ClN2O/c1-12-8-13(9-16(17(12)22)18(2,3)4)11-20-21-15-7-5-6-14(19)10-15/h5-11H,1-4H3/b13-11-,21-20?. The lowest BCUT2D eigenvalue weighted by atomic mass is 9.78. The van der Waals surface area contributed by atoms with Crippen LogP contribution in [0.3, 0.4) is 0 Å². The Morgan fingerprint density at radius 1 is 1.18 bits per heavy atom. The van der Waals surface area contributed by atoms with Crippen LogP contribution in [0.4, 0.5) is 5.69 Å². The number of allylic oxidation sites excluding steroid dienone is 5. The van der Waals surface area contributed by atoms with E-state index in [0.29, 0.717) is 10.7 Å². The Kier molecular flexibility index (Phi) is 4.77. The lowest BCUT2D eigenvalue weighted by molar-refractivity contribution is -0.113. The third kappa shape index (κ3) is 4.01. The molecule has 0 atom stereocenters. The Balaban J connectivity index is 2.27. The minimum Gasteiger partial charge on any atom is -0.289 e. The third-order valence-electron chi connectivity index (χ3n) is 3.29. The minimum absolute atomic E-state index is 0.0939. The highest BCUT2D eigenvalue weighted by Crippen LogP contribution is 2.32. The molecule has 3 nitrogen and oxygen atoms in total. The van der Waals surface area contributed by atoms with Crippen molar-refractivity contribution in [3.8, 4) is 0 Å². The van der Waals surface area contributed by atoms with Crippen LogP contribution in [0.25, 0.3) is 0 Å². The van der Waals surface area contributed by atoms with Crippen LogP contribution in [0.2, 0.25) is 5.02 Å². The van der Waals surface area contributed by atoms with Crippen LogP contribution in [0.5, 0.6) is 0 Å². The lowest BCUT2D eigenvalue weighted by Crippen LogP contribution is -2.21. The van der Waals surface area contributed by atoms with Gasteiger partial charge in [-0.25, -0.2) is 0 Å². The maximum Gasteiger partial charge on any atom is 0.185 e. The molecule has 0 aliphatic heterocycles. The molecule has 0 amide bonds. The van der Waals surface area contributed by atoms with E-state index in [0.717, 1.165) is 16.7 Å². The van der Waals surface area contributed by atoms with E-state index >= 15 is 0 Å². The van der Waals surface area contributed by atoms with Crippen LogP contribution >= 0.6 is 11.6 Å². The predicted octanol–water partition coefficient (Wildman–Crippen LogP) is 5.81. The van der Waals surface area contributed by atoms with E-state index in [1.165, 1.54) is 0 Å². The average molecular weight is 315 g/mol. The molecule has 0 saturated carbocycles. The van der Waals surface area contributed by atoms with Crippen molar-refractivity contribution >= 4 is 23.1 Å². The van der Waals surface area contributed by atoms with Crippen molar-refractivity contribution in [2.75, 3.05) is 0 Å². The molecule has 1 aromatic carbocycles. The summed E-state index contributed by atoms with van der Waals surface area (Å²) in [6.07, 6.45) is 5.36. The van der Waals surface area contributed by atoms with Crippen molar-refractivity contribution in [2.24, 2.45) is 15.6 Å². The number of halogens is 1. The van der Waals surface area contributed by atoms with E-state index in [-0.39, 0.29) is 11.2 Å². The first-order valence-electron chi connectivity index (χ1n) is 7.09. The van der Waals surface area contributed by atoms with Crippen molar-refractivity contribution in [3.63, 3.8) is 0 Å². The number of hydrogen-bond acceptors (Lipinski definition) is 3. The molecule has 0 fully saturated rings. The molecule has 0 radical (unpaired) electrons. The molecule has 0 spiro atoms. The molecule has 4 heteroatoms. The first-order valence-corrected chi connectivity index (χ1v) is 7.47. The smallest absolute Gasteiger partial charge is 0.185 e. The molecule has 22 heavy (non-hydrogen) atoms. The van der Waals surface area contributed by atoms with Gasteiger partial charge in [-0.2, -0.15) is 10.2 Å².